The first-order valence-electron chi connectivity index (χ1n) is 8.78. The lowest BCUT2D eigenvalue weighted by Crippen LogP contribution is -2.46. The topological polar surface area (TPSA) is 74.8 Å². The number of imide groups is 1. The highest BCUT2D eigenvalue weighted by atomic mass is 16.2. The minimum absolute atomic E-state index is 0.0443. The third-order valence-corrected chi connectivity index (χ3v) is 5.05. The van der Waals surface area contributed by atoms with Gasteiger partial charge in [0.2, 0.25) is 5.91 Å². The molecule has 0 aromatic heterocycles. The van der Waals surface area contributed by atoms with Crippen molar-refractivity contribution in [2.24, 2.45) is 0 Å². The van der Waals surface area contributed by atoms with Crippen LogP contribution < -0.4 is 0 Å². The fraction of sp³-hybridized carbons (Fsp3) is 0.400. The van der Waals surface area contributed by atoms with Gasteiger partial charge in [0.1, 0.15) is 0 Å². The van der Waals surface area contributed by atoms with Gasteiger partial charge >= 0.3 is 0 Å². The predicted molar refractivity (Wildman–Crippen MR) is 95.5 cm³/mol. The van der Waals surface area contributed by atoms with Crippen molar-refractivity contribution in [3.05, 3.63) is 47.0 Å². The first-order chi connectivity index (χ1) is 12.3. The van der Waals surface area contributed by atoms with Crippen molar-refractivity contribution < 1.29 is 19.2 Å². The van der Waals surface area contributed by atoms with Crippen LogP contribution in [-0.4, -0.2) is 46.4 Å². The van der Waals surface area contributed by atoms with Crippen molar-refractivity contribution in [1.29, 1.82) is 0 Å². The highest BCUT2D eigenvalue weighted by molar-refractivity contribution is 6.23. The normalized spacial score (nSPS) is 19.8. The minimum Gasteiger partial charge on any atom is -0.341 e. The smallest absolute Gasteiger partial charge is 0.262 e. The molecule has 1 aliphatic heterocycles. The summed E-state index contributed by atoms with van der Waals surface area (Å²) in [6.45, 7) is 5.85. The fourth-order valence-corrected chi connectivity index (χ4v) is 3.63. The lowest BCUT2D eigenvalue weighted by molar-refractivity contribution is -0.130. The Bertz CT molecular complexity index is 827. The Morgan fingerprint density at radius 1 is 1.27 bits per heavy atom. The number of amides is 3. The van der Waals surface area contributed by atoms with Crippen molar-refractivity contribution in [3.63, 3.8) is 0 Å². The molecule has 1 atom stereocenters. The van der Waals surface area contributed by atoms with E-state index in [-0.39, 0.29) is 24.7 Å². The largest absolute Gasteiger partial charge is 0.341 e. The number of hydrogen-bond acceptors (Lipinski definition) is 4. The Morgan fingerprint density at radius 2 is 2.00 bits per heavy atom. The number of rotatable bonds is 4. The molecule has 6 nitrogen and oxygen atoms in total. The van der Waals surface area contributed by atoms with Gasteiger partial charge in [0.15, 0.2) is 5.78 Å². The molecule has 0 spiro atoms. The monoisotopic (exact) mass is 354 g/mol. The highest BCUT2D eigenvalue weighted by Gasteiger charge is 2.44. The average molecular weight is 354 g/mol. The molecule has 136 valence electrons. The molecule has 1 aromatic carbocycles. The van der Waals surface area contributed by atoms with E-state index in [0.717, 1.165) is 10.5 Å². The maximum Gasteiger partial charge on any atom is 0.262 e. The summed E-state index contributed by atoms with van der Waals surface area (Å²) in [6, 6.07) is 4.33. The van der Waals surface area contributed by atoms with Crippen LogP contribution in [0.3, 0.4) is 0 Å². The van der Waals surface area contributed by atoms with E-state index in [1.54, 1.807) is 32.2 Å². The maximum atomic E-state index is 13.0. The minimum atomic E-state index is -0.726. The van der Waals surface area contributed by atoms with Gasteiger partial charge < -0.3 is 4.90 Å². The number of benzene rings is 1. The van der Waals surface area contributed by atoms with Crippen molar-refractivity contribution >= 4 is 23.5 Å². The number of fused-ring (bicyclic) bond motifs is 1. The highest BCUT2D eigenvalue weighted by Crippen LogP contribution is 2.32. The number of allylic oxidation sites excluding steroid dienone is 1. The Morgan fingerprint density at radius 3 is 2.65 bits per heavy atom. The van der Waals surface area contributed by atoms with E-state index >= 15 is 0 Å². The molecular formula is C20H22N2O4. The second kappa shape index (κ2) is 6.86. The molecule has 2 aliphatic rings. The van der Waals surface area contributed by atoms with Crippen LogP contribution in [0.4, 0.5) is 0 Å². The number of hydrogen-bond donors (Lipinski definition) is 0. The van der Waals surface area contributed by atoms with Gasteiger partial charge in [-0.2, -0.15) is 0 Å². The predicted octanol–water partition coefficient (Wildman–Crippen LogP) is 2.33. The third-order valence-electron chi connectivity index (χ3n) is 5.05. The van der Waals surface area contributed by atoms with Gasteiger partial charge in [-0.15, -0.1) is 0 Å². The zero-order chi connectivity index (χ0) is 19.0. The van der Waals surface area contributed by atoms with E-state index in [0.29, 0.717) is 36.0 Å². The zero-order valence-electron chi connectivity index (χ0n) is 15.1. The first kappa shape index (κ1) is 18.0. The van der Waals surface area contributed by atoms with Crippen molar-refractivity contribution in [3.8, 4) is 0 Å². The maximum absolute atomic E-state index is 13.0. The second-order valence-corrected chi connectivity index (χ2v) is 6.87. The summed E-state index contributed by atoms with van der Waals surface area (Å²) in [5, 5.41) is 0. The fourth-order valence-electron chi connectivity index (χ4n) is 3.63. The molecule has 3 rings (SSSR count). The van der Waals surface area contributed by atoms with Crippen LogP contribution in [0, 0.1) is 0 Å². The van der Waals surface area contributed by atoms with Crippen molar-refractivity contribution in [2.45, 2.75) is 45.2 Å². The Kier molecular flexibility index (Phi) is 4.76. The summed E-state index contributed by atoms with van der Waals surface area (Å²) >= 11 is 0. The number of carbonyl (C=O) groups is 4. The van der Waals surface area contributed by atoms with E-state index in [1.807, 2.05) is 0 Å². The standard InChI is InChI=1S/C20H22N2O4/c1-4-17(24)21(3)11-13-6-5-7-14-18(13)20(26)22(19(14)25)15-9-8-12(2)10-16(15)23/h5-7,15H,2,4,8-11H2,1,3H3. The number of ketones is 1. The quantitative estimate of drug-likeness (QED) is 0.614. The van der Waals surface area contributed by atoms with Crippen LogP contribution in [0.5, 0.6) is 0 Å². The molecule has 1 saturated carbocycles. The average Bonchev–Trinajstić information content (AvgIpc) is 2.86. The summed E-state index contributed by atoms with van der Waals surface area (Å²) in [6.07, 6.45) is 1.63. The van der Waals surface area contributed by atoms with Crippen LogP contribution >= 0.6 is 0 Å². The SMILES string of the molecule is C=C1CCC(N2C(=O)c3cccc(CN(C)C(=O)CC)c3C2=O)C(=O)C1. The number of carbonyl (C=O) groups excluding carboxylic acids is 4. The Labute approximate surface area is 152 Å². The molecule has 1 aromatic rings. The second-order valence-electron chi connectivity index (χ2n) is 6.87. The molecule has 26 heavy (non-hydrogen) atoms. The van der Waals surface area contributed by atoms with Gasteiger partial charge in [-0.3, -0.25) is 24.1 Å². The Balaban J connectivity index is 1.93. The van der Waals surface area contributed by atoms with Crippen molar-refractivity contribution in [1.82, 2.24) is 9.80 Å². The van der Waals surface area contributed by atoms with E-state index < -0.39 is 17.9 Å². The van der Waals surface area contributed by atoms with E-state index in [4.69, 9.17) is 0 Å². The molecular weight excluding hydrogens is 332 g/mol. The molecule has 1 fully saturated rings. The van der Waals surface area contributed by atoms with Crippen LogP contribution in [0.2, 0.25) is 0 Å². The third kappa shape index (κ3) is 2.96. The summed E-state index contributed by atoms with van der Waals surface area (Å²) in [4.78, 5) is 52.7. The van der Waals surface area contributed by atoms with Gasteiger partial charge in [0, 0.05) is 26.4 Å². The zero-order valence-corrected chi connectivity index (χ0v) is 15.1. The summed E-state index contributed by atoms with van der Waals surface area (Å²) < 4.78 is 0. The summed E-state index contributed by atoms with van der Waals surface area (Å²) in [5.74, 6) is -1.06. The van der Waals surface area contributed by atoms with Crippen LogP contribution in [0.15, 0.2) is 30.4 Å². The molecule has 1 heterocycles. The van der Waals surface area contributed by atoms with Gasteiger partial charge in [-0.1, -0.05) is 31.2 Å². The molecule has 1 aliphatic carbocycles. The van der Waals surface area contributed by atoms with Gasteiger partial charge in [-0.05, 0) is 24.5 Å². The van der Waals surface area contributed by atoms with E-state index in [9.17, 15) is 19.2 Å². The molecule has 1 unspecified atom stereocenters. The van der Waals surface area contributed by atoms with Crippen LogP contribution in [0.25, 0.3) is 0 Å². The van der Waals surface area contributed by atoms with Crippen LogP contribution in [-0.2, 0) is 16.1 Å². The first-order valence-corrected chi connectivity index (χ1v) is 8.78. The van der Waals surface area contributed by atoms with E-state index in [2.05, 4.69) is 6.58 Å². The van der Waals surface area contributed by atoms with Gasteiger partial charge in [0.05, 0.1) is 17.2 Å². The molecule has 0 N–H and O–H groups in total. The van der Waals surface area contributed by atoms with Gasteiger partial charge in [-0.25, -0.2) is 0 Å². The molecule has 0 radical (unpaired) electrons. The van der Waals surface area contributed by atoms with Gasteiger partial charge in [0.25, 0.3) is 11.8 Å². The number of Topliss-reactive ketones (excluding diaryl/α,β-unsaturated/α-hetero) is 1. The lowest BCUT2D eigenvalue weighted by atomic mass is 9.89. The molecule has 6 heteroatoms. The summed E-state index contributed by atoms with van der Waals surface area (Å²) in [5.41, 5.74) is 2.08. The van der Waals surface area contributed by atoms with Crippen LogP contribution in [0.1, 0.15) is 58.9 Å². The lowest BCUT2D eigenvalue weighted by Gasteiger charge is -2.29. The Hall–Kier alpha value is -2.76. The summed E-state index contributed by atoms with van der Waals surface area (Å²) in [7, 11) is 1.67. The molecule has 0 bridgehead atoms. The van der Waals surface area contributed by atoms with E-state index in [1.165, 1.54) is 4.90 Å². The molecule has 3 amide bonds. The molecule has 0 saturated heterocycles. The van der Waals surface area contributed by atoms with Crippen molar-refractivity contribution in [2.75, 3.05) is 7.05 Å². The number of nitrogens with zero attached hydrogens (tertiary/aromatic N) is 2.